The Balaban J connectivity index is 1.56. The van der Waals surface area contributed by atoms with E-state index in [0.29, 0.717) is 34.3 Å². The summed E-state index contributed by atoms with van der Waals surface area (Å²) in [5.74, 6) is -0.218. The number of carbonyl (C=O) groups excluding carboxylic acids is 1. The maximum Gasteiger partial charge on any atom is 0.316 e. The van der Waals surface area contributed by atoms with Crippen LogP contribution in [0.5, 0.6) is 5.75 Å². The Morgan fingerprint density at radius 3 is 2.53 bits per heavy atom. The van der Waals surface area contributed by atoms with Crippen molar-refractivity contribution in [3.05, 3.63) is 84.1 Å². The molecule has 0 unspecified atom stereocenters. The number of carbonyl (C=O) groups is 1. The van der Waals surface area contributed by atoms with Gasteiger partial charge in [0.2, 0.25) is 5.89 Å². The molecule has 2 amide bonds. The molecular weight excluding hydrogens is 439 g/mol. The minimum atomic E-state index is -0.666. The van der Waals surface area contributed by atoms with Gasteiger partial charge >= 0.3 is 6.03 Å². The van der Waals surface area contributed by atoms with Gasteiger partial charge in [-0.05, 0) is 42.0 Å². The Hall–Kier alpha value is -4.86. The molecular formula is C24H17FN6O3. The highest BCUT2D eigenvalue weighted by atomic mass is 19.1. The summed E-state index contributed by atoms with van der Waals surface area (Å²) in [5.41, 5.74) is 8.12. The van der Waals surface area contributed by atoms with Gasteiger partial charge in [0.25, 0.3) is 5.89 Å². The van der Waals surface area contributed by atoms with Crippen LogP contribution in [0.1, 0.15) is 11.5 Å². The number of aromatic hydroxyl groups is 1. The molecule has 2 aromatic carbocycles. The van der Waals surface area contributed by atoms with Gasteiger partial charge in [0.15, 0.2) is 11.4 Å². The fraction of sp³-hybridized carbons (Fsp3) is 0.0417. The summed E-state index contributed by atoms with van der Waals surface area (Å²) < 4.78 is 18.9. The number of nitrogens with zero attached hydrogens (tertiary/aromatic N) is 4. The third-order valence-electron chi connectivity index (χ3n) is 5.10. The first-order valence-electron chi connectivity index (χ1n) is 10.2. The number of nitrogens with two attached hydrogens (primary N) is 1. The van der Waals surface area contributed by atoms with Crippen molar-refractivity contribution in [2.24, 2.45) is 5.73 Å². The van der Waals surface area contributed by atoms with Crippen LogP contribution in [0.3, 0.4) is 0 Å². The number of nitrogens with one attached hydrogen (secondary N) is 1. The monoisotopic (exact) mass is 456 g/mol. The van der Waals surface area contributed by atoms with Crippen LogP contribution in [0.2, 0.25) is 0 Å². The van der Waals surface area contributed by atoms with Crippen LogP contribution in [0, 0.1) is 5.82 Å². The molecule has 0 fully saturated rings. The minimum absolute atomic E-state index is 0.0235. The molecule has 4 N–H and O–H groups in total. The summed E-state index contributed by atoms with van der Waals surface area (Å²) in [6, 6.07) is 15.7. The Morgan fingerprint density at radius 1 is 1.03 bits per heavy atom. The molecule has 0 spiro atoms. The van der Waals surface area contributed by atoms with Crippen LogP contribution in [-0.4, -0.2) is 31.3 Å². The quantitative estimate of drug-likeness (QED) is 0.359. The summed E-state index contributed by atoms with van der Waals surface area (Å²) in [4.78, 5) is 20.0. The van der Waals surface area contributed by atoms with Crippen molar-refractivity contribution in [1.82, 2.24) is 20.2 Å². The Labute approximate surface area is 192 Å². The molecule has 0 saturated heterocycles. The van der Waals surface area contributed by atoms with Crippen LogP contribution in [-0.2, 0) is 6.42 Å². The van der Waals surface area contributed by atoms with Gasteiger partial charge in [-0.25, -0.2) is 14.2 Å². The number of pyridine rings is 2. The number of hydrogen-bond donors (Lipinski definition) is 3. The number of halogens is 1. The average Bonchev–Trinajstić information content (AvgIpc) is 3.29. The van der Waals surface area contributed by atoms with Crippen molar-refractivity contribution in [2.75, 3.05) is 5.32 Å². The van der Waals surface area contributed by atoms with Crippen molar-refractivity contribution in [3.63, 3.8) is 0 Å². The van der Waals surface area contributed by atoms with Gasteiger partial charge in [0.1, 0.15) is 11.3 Å². The molecule has 5 rings (SSSR count). The van der Waals surface area contributed by atoms with Gasteiger partial charge in [-0.3, -0.25) is 4.98 Å². The number of fused-ring (bicyclic) bond motifs is 1. The summed E-state index contributed by atoms with van der Waals surface area (Å²) in [6.45, 7) is 0. The van der Waals surface area contributed by atoms with Gasteiger partial charge in [0.05, 0.1) is 12.1 Å². The van der Waals surface area contributed by atoms with E-state index in [2.05, 4.69) is 25.5 Å². The fourth-order valence-electron chi connectivity index (χ4n) is 3.54. The highest BCUT2D eigenvalue weighted by Gasteiger charge is 2.21. The van der Waals surface area contributed by atoms with Crippen LogP contribution < -0.4 is 11.1 Å². The molecule has 10 heteroatoms. The number of urea groups is 1. The molecule has 0 saturated carbocycles. The second-order valence-corrected chi connectivity index (χ2v) is 7.43. The molecule has 168 valence electrons. The number of hydrogen-bond acceptors (Lipinski definition) is 7. The summed E-state index contributed by atoms with van der Waals surface area (Å²) in [6.07, 6.45) is 1.85. The van der Waals surface area contributed by atoms with Crippen molar-refractivity contribution >= 4 is 22.6 Å². The Bertz CT molecular complexity index is 1500. The molecule has 0 aliphatic heterocycles. The van der Waals surface area contributed by atoms with Gasteiger partial charge in [0, 0.05) is 22.8 Å². The van der Waals surface area contributed by atoms with E-state index >= 15 is 0 Å². The number of primary amides is 1. The van der Waals surface area contributed by atoms with Gasteiger partial charge in [-0.2, -0.15) is 0 Å². The lowest BCUT2D eigenvalue weighted by Gasteiger charge is -2.10. The van der Waals surface area contributed by atoms with Crippen molar-refractivity contribution < 1.29 is 18.7 Å². The van der Waals surface area contributed by atoms with Crippen LogP contribution in [0.4, 0.5) is 14.9 Å². The smallest absolute Gasteiger partial charge is 0.316 e. The Kier molecular flexibility index (Phi) is 5.30. The predicted octanol–water partition coefficient (Wildman–Crippen LogP) is 4.27. The zero-order valence-electron chi connectivity index (χ0n) is 17.6. The maximum absolute atomic E-state index is 13.2. The van der Waals surface area contributed by atoms with E-state index in [9.17, 15) is 14.3 Å². The minimum Gasteiger partial charge on any atom is -0.504 e. The first-order chi connectivity index (χ1) is 16.5. The molecule has 0 atom stereocenters. The highest BCUT2D eigenvalue weighted by Crippen LogP contribution is 2.38. The molecule has 3 heterocycles. The lowest BCUT2D eigenvalue weighted by Crippen LogP contribution is -2.19. The molecule has 0 radical (unpaired) electrons. The molecule has 0 aliphatic carbocycles. The van der Waals surface area contributed by atoms with Crippen LogP contribution >= 0.6 is 0 Å². The van der Waals surface area contributed by atoms with E-state index in [1.54, 1.807) is 54.7 Å². The standard InChI is InChI=1S/C24H17FN6O3/c25-15-7-3-13(4-8-15)12-18-30-31-23(34-18)21-22(32)20-17(2-1-11-27-20)19(29-21)14-5-9-16(10-6-14)28-24(26)33/h1-11,32H,12H2,(H3,26,28,33). The van der Waals surface area contributed by atoms with Gasteiger partial charge in [-0.1, -0.05) is 24.3 Å². The molecule has 34 heavy (non-hydrogen) atoms. The molecule has 0 bridgehead atoms. The van der Waals surface area contributed by atoms with E-state index in [-0.39, 0.29) is 29.0 Å². The fourth-order valence-corrected chi connectivity index (χ4v) is 3.54. The van der Waals surface area contributed by atoms with E-state index in [1.165, 1.54) is 12.1 Å². The van der Waals surface area contributed by atoms with E-state index in [1.807, 2.05) is 0 Å². The van der Waals surface area contributed by atoms with E-state index in [4.69, 9.17) is 10.2 Å². The van der Waals surface area contributed by atoms with Crippen LogP contribution in [0.15, 0.2) is 71.3 Å². The van der Waals surface area contributed by atoms with Gasteiger partial charge in [-0.15, -0.1) is 10.2 Å². The lowest BCUT2D eigenvalue weighted by molar-refractivity contribution is 0.259. The molecule has 3 aromatic heterocycles. The normalized spacial score (nSPS) is 11.0. The van der Waals surface area contributed by atoms with Crippen molar-refractivity contribution in [3.8, 4) is 28.6 Å². The number of rotatable bonds is 5. The molecule has 0 aliphatic rings. The van der Waals surface area contributed by atoms with Crippen molar-refractivity contribution in [2.45, 2.75) is 6.42 Å². The summed E-state index contributed by atoms with van der Waals surface area (Å²) in [7, 11) is 0. The number of amides is 2. The summed E-state index contributed by atoms with van der Waals surface area (Å²) >= 11 is 0. The second-order valence-electron chi connectivity index (χ2n) is 7.43. The van der Waals surface area contributed by atoms with E-state index < -0.39 is 6.03 Å². The third-order valence-corrected chi connectivity index (χ3v) is 5.10. The van der Waals surface area contributed by atoms with Crippen LogP contribution in [0.25, 0.3) is 33.7 Å². The Morgan fingerprint density at radius 2 is 1.79 bits per heavy atom. The SMILES string of the molecule is NC(=O)Nc1ccc(-c2nc(-c3nnc(Cc4ccc(F)cc4)o3)c(O)c3ncccc23)cc1. The lowest BCUT2D eigenvalue weighted by atomic mass is 10.0. The number of aromatic nitrogens is 4. The van der Waals surface area contributed by atoms with E-state index in [0.717, 1.165) is 5.56 Å². The zero-order chi connectivity index (χ0) is 23.7. The molecule has 5 aromatic rings. The maximum atomic E-state index is 13.2. The average molecular weight is 456 g/mol. The predicted molar refractivity (Wildman–Crippen MR) is 122 cm³/mol. The highest BCUT2D eigenvalue weighted by molar-refractivity contribution is 5.99. The number of anilines is 1. The third kappa shape index (κ3) is 4.11. The number of benzene rings is 2. The van der Waals surface area contributed by atoms with Crippen molar-refractivity contribution in [1.29, 1.82) is 0 Å². The molecule has 9 nitrogen and oxygen atoms in total. The first-order valence-corrected chi connectivity index (χ1v) is 10.2. The summed E-state index contributed by atoms with van der Waals surface area (Å²) in [5, 5.41) is 22.1. The first kappa shape index (κ1) is 21.0. The largest absolute Gasteiger partial charge is 0.504 e. The zero-order valence-corrected chi connectivity index (χ0v) is 17.6. The topological polar surface area (TPSA) is 140 Å². The second kappa shape index (κ2) is 8.58. The van der Waals surface area contributed by atoms with Gasteiger partial charge < -0.3 is 20.6 Å².